The molecule has 1 saturated heterocycles. The molecule has 1 aromatic carbocycles. The van der Waals surface area contributed by atoms with Gasteiger partial charge >= 0.3 is 6.09 Å². The van der Waals surface area contributed by atoms with E-state index in [1.54, 1.807) is 24.0 Å². The lowest BCUT2D eigenvalue weighted by Gasteiger charge is -2.31. The number of nitrogens with zero attached hydrogens (tertiary/aromatic N) is 1. The Bertz CT molecular complexity index is 601. The van der Waals surface area contributed by atoms with Crippen LogP contribution in [0.3, 0.4) is 0 Å². The predicted octanol–water partition coefficient (Wildman–Crippen LogP) is 2.50. The summed E-state index contributed by atoms with van der Waals surface area (Å²) in [5.41, 5.74) is 0.755. The third-order valence-electron chi connectivity index (χ3n) is 4.24. The molecule has 25 heavy (non-hydrogen) atoms. The highest BCUT2D eigenvalue weighted by atomic mass is 19.1. The number of carbonyl (C=O) groups excluding carboxylic acids is 2. The highest BCUT2D eigenvalue weighted by Crippen LogP contribution is 2.18. The standard InChI is InChI=1S/C18H25FN2O4/c1-3-25-18(23)21-10-8-14(9-11-21)20-17(22)7-5-13-4-6-16(24-2)15(19)12-13/h4,6,12,14H,3,5,7-11H2,1-2H3,(H,20,22). The summed E-state index contributed by atoms with van der Waals surface area (Å²) in [5, 5.41) is 2.98. The van der Waals surface area contributed by atoms with Gasteiger partial charge in [-0.25, -0.2) is 9.18 Å². The molecule has 138 valence electrons. The molecule has 1 N–H and O–H groups in total. The van der Waals surface area contributed by atoms with E-state index >= 15 is 0 Å². The monoisotopic (exact) mass is 352 g/mol. The van der Waals surface area contributed by atoms with Crippen molar-refractivity contribution in [2.45, 2.75) is 38.6 Å². The van der Waals surface area contributed by atoms with Crippen molar-refractivity contribution in [2.24, 2.45) is 0 Å². The van der Waals surface area contributed by atoms with E-state index in [-0.39, 0.29) is 23.8 Å². The molecule has 0 unspecified atom stereocenters. The van der Waals surface area contributed by atoms with Crippen LogP contribution in [0.4, 0.5) is 9.18 Å². The van der Waals surface area contributed by atoms with Crippen LogP contribution in [-0.2, 0) is 16.0 Å². The molecule has 0 bridgehead atoms. The first-order valence-corrected chi connectivity index (χ1v) is 8.57. The second-order valence-corrected chi connectivity index (χ2v) is 6.00. The molecule has 0 radical (unpaired) electrons. The first-order chi connectivity index (χ1) is 12.0. The SMILES string of the molecule is CCOC(=O)N1CCC(NC(=O)CCc2ccc(OC)c(F)c2)CC1. The number of methoxy groups -OCH3 is 1. The normalized spacial score (nSPS) is 14.9. The van der Waals surface area contributed by atoms with Crippen LogP contribution in [0.1, 0.15) is 31.7 Å². The van der Waals surface area contributed by atoms with E-state index in [1.165, 1.54) is 13.2 Å². The van der Waals surface area contributed by atoms with E-state index < -0.39 is 5.82 Å². The molecule has 1 aromatic rings. The number of likely N-dealkylation sites (tertiary alicyclic amines) is 1. The number of amides is 2. The van der Waals surface area contributed by atoms with Gasteiger partial charge in [0.1, 0.15) is 0 Å². The number of benzene rings is 1. The minimum absolute atomic E-state index is 0.0609. The van der Waals surface area contributed by atoms with Crippen molar-refractivity contribution in [1.82, 2.24) is 10.2 Å². The van der Waals surface area contributed by atoms with Crippen molar-refractivity contribution in [3.8, 4) is 5.75 Å². The zero-order chi connectivity index (χ0) is 18.2. The van der Waals surface area contributed by atoms with Crippen molar-refractivity contribution >= 4 is 12.0 Å². The van der Waals surface area contributed by atoms with Crippen LogP contribution in [0, 0.1) is 5.82 Å². The Balaban J connectivity index is 1.72. The topological polar surface area (TPSA) is 67.9 Å². The second kappa shape index (κ2) is 9.25. The fourth-order valence-electron chi connectivity index (χ4n) is 2.84. The van der Waals surface area contributed by atoms with Gasteiger partial charge in [-0.2, -0.15) is 0 Å². The summed E-state index contributed by atoms with van der Waals surface area (Å²) in [6.07, 6.45) is 1.88. The van der Waals surface area contributed by atoms with Gasteiger partial charge in [0.2, 0.25) is 5.91 Å². The van der Waals surface area contributed by atoms with Crippen molar-refractivity contribution in [2.75, 3.05) is 26.8 Å². The average Bonchev–Trinajstić information content (AvgIpc) is 2.61. The molecule has 0 atom stereocenters. The largest absolute Gasteiger partial charge is 0.494 e. The lowest BCUT2D eigenvalue weighted by atomic mass is 10.0. The zero-order valence-corrected chi connectivity index (χ0v) is 14.7. The smallest absolute Gasteiger partial charge is 0.409 e. The molecule has 7 heteroatoms. The molecule has 0 aliphatic carbocycles. The van der Waals surface area contributed by atoms with Crippen LogP contribution in [0.5, 0.6) is 5.75 Å². The van der Waals surface area contributed by atoms with Crippen molar-refractivity contribution in [1.29, 1.82) is 0 Å². The maximum absolute atomic E-state index is 13.6. The van der Waals surface area contributed by atoms with Crippen LogP contribution in [0.15, 0.2) is 18.2 Å². The van der Waals surface area contributed by atoms with Crippen molar-refractivity contribution in [3.05, 3.63) is 29.6 Å². The Kier molecular flexibility index (Phi) is 7.03. The van der Waals surface area contributed by atoms with Gasteiger partial charge in [0.05, 0.1) is 13.7 Å². The van der Waals surface area contributed by atoms with Gasteiger partial charge in [0, 0.05) is 25.6 Å². The summed E-state index contributed by atoms with van der Waals surface area (Å²) in [5.74, 6) is -0.292. The summed E-state index contributed by atoms with van der Waals surface area (Å²) in [4.78, 5) is 25.4. The molecule has 0 aromatic heterocycles. The van der Waals surface area contributed by atoms with Crippen molar-refractivity contribution < 1.29 is 23.5 Å². The second-order valence-electron chi connectivity index (χ2n) is 6.00. The van der Waals surface area contributed by atoms with E-state index in [1.807, 2.05) is 0 Å². The lowest BCUT2D eigenvalue weighted by Crippen LogP contribution is -2.46. The minimum Gasteiger partial charge on any atom is -0.494 e. The summed E-state index contributed by atoms with van der Waals surface area (Å²) >= 11 is 0. The summed E-state index contributed by atoms with van der Waals surface area (Å²) in [6, 6.07) is 4.77. The number of rotatable bonds is 6. The van der Waals surface area contributed by atoms with E-state index in [9.17, 15) is 14.0 Å². The van der Waals surface area contributed by atoms with Gasteiger partial charge in [-0.1, -0.05) is 6.07 Å². The van der Waals surface area contributed by atoms with Crippen LogP contribution < -0.4 is 10.1 Å². The number of aryl methyl sites for hydroxylation is 1. The minimum atomic E-state index is -0.424. The highest BCUT2D eigenvalue weighted by molar-refractivity contribution is 5.76. The fourth-order valence-corrected chi connectivity index (χ4v) is 2.84. The molecule has 2 rings (SSSR count). The number of hydrogen-bond acceptors (Lipinski definition) is 4. The number of ether oxygens (including phenoxy) is 2. The fraction of sp³-hybridized carbons (Fsp3) is 0.556. The molecule has 1 aliphatic heterocycles. The number of halogens is 1. The molecular formula is C18H25FN2O4. The van der Waals surface area contributed by atoms with Gasteiger partial charge in [-0.3, -0.25) is 4.79 Å². The van der Waals surface area contributed by atoms with E-state index in [2.05, 4.69) is 5.32 Å². The molecule has 1 fully saturated rings. The van der Waals surface area contributed by atoms with Gasteiger partial charge in [0.15, 0.2) is 11.6 Å². The predicted molar refractivity (Wildman–Crippen MR) is 91.0 cm³/mol. The first-order valence-electron chi connectivity index (χ1n) is 8.57. The molecule has 0 spiro atoms. The maximum atomic E-state index is 13.6. The summed E-state index contributed by atoms with van der Waals surface area (Å²) in [7, 11) is 1.42. The van der Waals surface area contributed by atoms with Crippen LogP contribution in [0.25, 0.3) is 0 Å². The first kappa shape index (κ1) is 19.0. The van der Waals surface area contributed by atoms with Gasteiger partial charge < -0.3 is 19.7 Å². The van der Waals surface area contributed by atoms with Gasteiger partial charge in [-0.15, -0.1) is 0 Å². The maximum Gasteiger partial charge on any atom is 0.409 e. The Labute approximate surface area is 147 Å². The summed E-state index contributed by atoms with van der Waals surface area (Å²) in [6.45, 7) is 3.29. The van der Waals surface area contributed by atoms with E-state index in [0.717, 1.165) is 5.56 Å². The molecule has 6 nitrogen and oxygen atoms in total. The molecular weight excluding hydrogens is 327 g/mol. The van der Waals surface area contributed by atoms with Crippen LogP contribution >= 0.6 is 0 Å². The van der Waals surface area contributed by atoms with Gasteiger partial charge in [-0.05, 0) is 43.9 Å². The van der Waals surface area contributed by atoms with Gasteiger partial charge in [0.25, 0.3) is 0 Å². The Morgan fingerprint density at radius 1 is 1.32 bits per heavy atom. The molecule has 1 heterocycles. The quantitative estimate of drug-likeness (QED) is 0.854. The average molecular weight is 352 g/mol. The van der Waals surface area contributed by atoms with Crippen LogP contribution in [0.2, 0.25) is 0 Å². The zero-order valence-electron chi connectivity index (χ0n) is 14.7. The lowest BCUT2D eigenvalue weighted by molar-refractivity contribution is -0.122. The molecule has 0 saturated carbocycles. The van der Waals surface area contributed by atoms with Crippen molar-refractivity contribution in [3.63, 3.8) is 0 Å². The van der Waals surface area contributed by atoms with E-state index in [4.69, 9.17) is 9.47 Å². The number of nitrogens with one attached hydrogen (secondary N) is 1. The number of hydrogen-bond donors (Lipinski definition) is 1. The third-order valence-corrected chi connectivity index (χ3v) is 4.24. The Morgan fingerprint density at radius 3 is 2.64 bits per heavy atom. The Morgan fingerprint density at radius 2 is 2.04 bits per heavy atom. The number of carbonyl (C=O) groups is 2. The van der Waals surface area contributed by atoms with E-state index in [0.29, 0.717) is 45.4 Å². The third kappa shape index (κ3) is 5.62. The summed E-state index contributed by atoms with van der Waals surface area (Å²) < 4.78 is 23.5. The van der Waals surface area contributed by atoms with Crippen LogP contribution in [-0.4, -0.2) is 49.7 Å². The Hall–Kier alpha value is -2.31. The number of piperidine rings is 1. The molecule has 1 aliphatic rings. The highest BCUT2D eigenvalue weighted by Gasteiger charge is 2.24. The molecule has 2 amide bonds.